The van der Waals surface area contributed by atoms with Crippen LogP contribution >= 0.6 is 0 Å². The molecule has 9 heteroatoms. The third kappa shape index (κ3) is 3.71. The second kappa shape index (κ2) is 7.46. The van der Waals surface area contributed by atoms with Gasteiger partial charge in [0, 0.05) is 42.6 Å². The molecule has 2 heterocycles. The molecule has 1 unspecified atom stereocenters. The molecule has 28 heavy (non-hydrogen) atoms. The number of sulfone groups is 1. The minimum absolute atomic E-state index is 0.0592. The van der Waals surface area contributed by atoms with Crippen LogP contribution in [0.2, 0.25) is 0 Å². The van der Waals surface area contributed by atoms with Gasteiger partial charge in [0.25, 0.3) is 6.43 Å². The van der Waals surface area contributed by atoms with E-state index in [1.165, 1.54) is 36.1 Å². The molecule has 1 aromatic heterocycles. The summed E-state index contributed by atoms with van der Waals surface area (Å²) in [6.07, 6.45) is 0.574. The molecule has 0 saturated carbocycles. The van der Waals surface area contributed by atoms with E-state index >= 15 is 0 Å². The Hall–Kier alpha value is -2.55. The van der Waals surface area contributed by atoms with Gasteiger partial charge >= 0.3 is 0 Å². The maximum atomic E-state index is 12.8. The van der Waals surface area contributed by atoms with Crippen LogP contribution in [0.1, 0.15) is 43.4 Å². The second-order valence-corrected chi connectivity index (χ2v) is 8.78. The maximum Gasteiger partial charge on any atom is 0.265 e. The van der Waals surface area contributed by atoms with Crippen molar-refractivity contribution >= 4 is 15.7 Å². The van der Waals surface area contributed by atoms with Crippen LogP contribution < -0.4 is 0 Å². The number of phenols is 1. The second-order valence-electron chi connectivity index (χ2n) is 6.79. The van der Waals surface area contributed by atoms with E-state index in [-0.39, 0.29) is 38.9 Å². The topological polar surface area (TPSA) is 87.6 Å². The van der Waals surface area contributed by atoms with E-state index in [4.69, 9.17) is 0 Å². The first-order valence-electron chi connectivity index (χ1n) is 8.69. The predicted molar refractivity (Wildman–Crippen MR) is 98.8 cm³/mol. The summed E-state index contributed by atoms with van der Waals surface area (Å²) in [6, 6.07) is 4.72. The summed E-state index contributed by atoms with van der Waals surface area (Å²) in [5, 5.41) is 10.9. The zero-order chi connectivity index (χ0) is 20.6. The largest absolute Gasteiger partial charge is 0.507 e. The van der Waals surface area contributed by atoms with Crippen molar-refractivity contribution < 1.29 is 27.1 Å². The van der Waals surface area contributed by atoms with Gasteiger partial charge in [0.15, 0.2) is 9.84 Å². The molecular formula is C19H20F2N2O4S. The minimum atomic E-state index is -3.68. The van der Waals surface area contributed by atoms with Crippen molar-refractivity contribution in [2.45, 2.75) is 37.1 Å². The third-order valence-corrected chi connectivity index (χ3v) is 6.04. The SMILES string of the molecule is CC(=O)N1CCCC1c1c(S(C)(=O)=O)ccc(-c2ccc(C(F)F)cn2)c1O. The number of aromatic hydroxyl groups is 1. The lowest BCUT2D eigenvalue weighted by atomic mass is 9.98. The number of likely N-dealkylation sites (tertiary alicyclic amines) is 1. The lowest BCUT2D eigenvalue weighted by Gasteiger charge is -2.26. The normalized spacial score (nSPS) is 17.3. The molecule has 0 bridgehead atoms. The molecule has 2 aromatic rings. The molecular weight excluding hydrogens is 390 g/mol. The highest BCUT2D eigenvalue weighted by molar-refractivity contribution is 7.90. The van der Waals surface area contributed by atoms with Gasteiger partial charge in [-0.1, -0.05) is 0 Å². The number of phenolic OH excluding ortho intramolecular Hbond substituents is 1. The predicted octanol–water partition coefficient (Wildman–Crippen LogP) is 3.48. The molecule has 1 N–H and O–H groups in total. The molecule has 1 fully saturated rings. The number of pyridine rings is 1. The number of rotatable bonds is 4. The molecule has 1 aliphatic heterocycles. The van der Waals surface area contributed by atoms with E-state index in [1.54, 1.807) is 0 Å². The summed E-state index contributed by atoms with van der Waals surface area (Å²) in [5.74, 6) is -0.524. The summed E-state index contributed by atoms with van der Waals surface area (Å²) in [5.41, 5.74) is 0.344. The van der Waals surface area contributed by atoms with Crippen LogP contribution in [0.5, 0.6) is 5.75 Å². The zero-order valence-electron chi connectivity index (χ0n) is 15.4. The summed E-state index contributed by atoms with van der Waals surface area (Å²) in [7, 11) is -3.68. The van der Waals surface area contributed by atoms with Gasteiger partial charge in [-0.3, -0.25) is 9.78 Å². The number of amides is 1. The fourth-order valence-electron chi connectivity index (χ4n) is 3.58. The number of nitrogens with zero attached hydrogens (tertiary/aromatic N) is 2. The number of aromatic nitrogens is 1. The van der Waals surface area contributed by atoms with Crippen LogP contribution in [0, 0.1) is 0 Å². The van der Waals surface area contributed by atoms with E-state index in [2.05, 4.69) is 4.98 Å². The summed E-state index contributed by atoms with van der Waals surface area (Å²) < 4.78 is 50.1. The van der Waals surface area contributed by atoms with Crippen molar-refractivity contribution in [3.05, 3.63) is 41.6 Å². The van der Waals surface area contributed by atoms with E-state index in [0.717, 1.165) is 12.5 Å². The van der Waals surface area contributed by atoms with Crippen LogP contribution in [0.3, 0.4) is 0 Å². The first-order valence-corrected chi connectivity index (χ1v) is 10.6. The van der Waals surface area contributed by atoms with Crippen LogP contribution in [-0.2, 0) is 14.6 Å². The first kappa shape index (κ1) is 20.2. The average Bonchev–Trinajstić information content (AvgIpc) is 3.10. The van der Waals surface area contributed by atoms with E-state index < -0.39 is 22.3 Å². The number of halogens is 2. The third-order valence-electron chi connectivity index (χ3n) is 4.88. The van der Waals surface area contributed by atoms with Crippen LogP contribution in [-0.4, -0.2) is 42.1 Å². The molecule has 1 aromatic carbocycles. The lowest BCUT2D eigenvalue weighted by Crippen LogP contribution is -2.29. The van der Waals surface area contributed by atoms with Gasteiger partial charge in [0.05, 0.1) is 16.6 Å². The minimum Gasteiger partial charge on any atom is -0.507 e. The van der Waals surface area contributed by atoms with Crippen molar-refractivity contribution in [1.82, 2.24) is 9.88 Å². The standard InChI is InChI=1S/C19H20F2N2O4S/c1-11(24)23-9-3-4-15(23)17-16(28(2,26)27)8-6-13(18(17)25)14-7-5-12(10-22-14)19(20)21/h5-8,10,15,19,25H,3-4,9H2,1-2H3. The summed E-state index contributed by atoms with van der Waals surface area (Å²) in [4.78, 5) is 17.4. The number of benzene rings is 1. The molecule has 0 spiro atoms. The van der Waals surface area contributed by atoms with Crippen LogP contribution in [0.4, 0.5) is 8.78 Å². The Bertz CT molecular complexity index is 1010. The molecule has 150 valence electrons. The van der Waals surface area contributed by atoms with Gasteiger partial charge in [0.1, 0.15) is 5.75 Å². The Morgan fingerprint density at radius 3 is 2.54 bits per heavy atom. The monoisotopic (exact) mass is 410 g/mol. The number of hydrogen-bond acceptors (Lipinski definition) is 5. The molecule has 1 atom stereocenters. The highest BCUT2D eigenvalue weighted by Gasteiger charge is 2.34. The summed E-state index contributed by atoms with van der Waals surface area (Å²) >= 11 is 0. The first-order chi connectivity index (χ1) is 13.1. The quantitative estimate of drug-likeness (QED) is 0.834. The van der Waals surface area contributed by atoms with Crippen LogP contribution in [0.15, 0.2) is 35.4 Å². The Morgan fingerprint density at radius 1 is 1.29 bits per heavy atom. The number of carbonyl (C=O) groups excluding carboxylic acids is 1. The molecule has 0 radical (unpaired) electrons. The van der Waals surface area contributed by atoms with E-state index in [9.17, 15) is 27.1 Å². The van der Waals surface area contributed by atoms with E-state index in [0.29, 0.717) is 19.4 Å². The molecule has 6 nitrogen and oxygen atoms in total. The smallest absolute Gasteiger partial charge is 0.265 e. The van der Waals surface area contributed by atoms with Crippen molar-refractivity contribution in [3.63, 3.8) is 0 Å². The van der Waals surface area contributed by atoms with Crippen molar-refractivity contribution in [2.75, 3.05) is 12.8 Å². The highest BCUT2D eigenvalue weighted by atomic mass is 32.2. The average molecular weight is 410 g/mol. The van der Waals surface area contributed by atoms with Crippen molar-refractivity contribution in [1.29, 1.82) is 0 Å². The number of hydrogen-bond donors (Lipinski definition) is 1. The molecule has 1 aliphatic rings. The lowest BCUT2D eigenvalue weighted by molar-refractivity contribution is -0.129. The Labute approximate surface area is 161 Å². The Balaban J connectivity index is 2.19. The van der Waals surface area contributed by atoms with Crippen molar-refractivity contribution in [2.24, 2.45) is 0 Å². The van der Waals surface area contributed by atoms with Gasteiger partial charge in [-0.05, 0) is 37.1 Å². The molecule has 1 saturated heterocycles. The number of alkyl halides is 2. The Morgan fingerprint density at radius 2 is 2.00 bits per heavy atom. The van der Waals surface area contributed by atoms with Crippen LogP contribution in [0.25, 0.3) is 11.3 Å². The fourth-order valence-corrected chi connectivity index (χ4v) is 4.53. The zero-order valence-corrected chi connectivity index (χ0v) is 16.2. The van der Waals surface area contributed by atoms with E-state index in [1.807, 2.05) is 0 Å². The van der Waals surface area contributed by atoms with Crippen molar-refractivity contribution in [3.8, 4) is 17.0 Å². The maximum absolute atomic E-state index is 12.8. The number of carbonyl (C=O) groups is 1. The van der Waals surface area contributed by atoms with Gasteiger partial charge in [-0.2, -0.15) is 0 Å². The van der Waals surface area contributed by atoms with Gasteiger partial charge in [-0.15, -0.1) is 0 Å². The fraction of sp³-hybridized carbons (Fsp3) is 0.368. The Kier molecular flexibility index (Phi) is 5.38. The molecule has 3 rings (SSSR count). The van der Waals surface area contributed by atoms with Gasteiger partial charge < -0.3 is 10.0 Å². The van der Waals surface area contributed by atoms with Gasteiger partial charge in [-0.25, -0.2) is 17.2 Å². The molecule has 1 amide bonds. The molecule has 0 aliphatic carbocycles. The highest BCUT2D eigenvalue weighted by Crippen LogP contribution is 2.44. The summed E-state index contributed by atoms with van der Waals surface area (Å²) in [6.45, 7) is 1.86. The van der Waals surface area contributed by atoms with Gasteiger partial charge in [0.2, 0.25) is 5.91 Å².